The zero-order valence-corrected chi connectivity index (χ0v) is 9.09. The van der Waals surface area contributed by atoms with Crippen molar-refractivity contribution < 1.29 is 10.2 Å². The summed E-state index contributed by atoms with van der Waals surface area (Å²) in [6.45, 7) is 1.60. The van der Waals surface area contributed by atoms with Crippen LogP contribution in [0.1, 0.15) is 11.4 Å². The molecular weight excluding hydrogens is 204 g/mol. The molecule has 2 N–H and O–H groups in total. The van der Waals surface area contributed by atoms with E-state index in [-0.39, 0.29) is 6.61 Å². The molecule has 0 amide bonds. The Bertz CT molecular complexity index is 499. The van der Waals surface area contributed by atoms with Crippen molar-refractivity contribution in [3.05, 3.63) is 35.7 Å². The van der Waals surface area contributed by atoms with Crippen molar-refractivity contribution in [3.8, 4) is 0 Å². The van der Waals surface area contributed by atoms with E-state index in [9.17, 15) is 5.11 Å². The van der Waals surface area contributed by atoms with Crippen LogP contribution in [0.25, 0.3) is 11.0 Å². The summed E-state index contributed by atoms with van der Waals surface area (Å²) in [4.78, 5) is 8.84. The maximum Gasteiger partial charge on any atom is 0.0890 e. The summed E-state index contributed by atoms with van der Waals surface area (Å²) in [5.74, 6) is 0. The van der Waals surface area contributed by atoms with Crippen LogP contribution in [0, 0.1) is 6.92 Å². The lowest BCUT2D eigenvalue weighted by Crippen LogP contribution is -2.17. The zero-order chi connectivity index (χ0) is 11.5. The van der Waals surface area contributed by atoms with Gasteiger partial charge in [-0.25, -0.2) is 9.97 Å². The maximum absolute atomic E-state index is 9.39. The van der Waals surface area contributed by atoms with Gasteiger partial charge in [-0.15, -0.1) is 0 Å². The maximum atomic E-state index is 9.39. The summed E-state index contributed by atoms with van der Waals surface area (Å²) in [6.07, 6.45) is -0.436. The lowest BCUT2D eigenvalue weighted by molar-refractivity contribution is 0.0946. The van der Waals surface area contributed by atoms with Gasteiger partial charge in [0.05, 0.1) is 35.1 Å². The Labute approximate surface area is 93.6 Å². The highest BCUT2D eigenvalue weighted by Crippen LogP contribution is 2.13. The first-order valence-electron chi connectivity index (χ1n) is 5.22. The molecule has 84 valence electrons. The van der Waals surface area contributed by atoms with Crippen LogP contribution in [-0.2, 0) is 6.42 Å². The fourth-order valence-electron chi connectivity index (χ4n) is 1.61. The topological polar surface area (TPSA) is 66.2 Å². The largest absolute Gasteiger partial charge is 0.394 e. The first-order chi connectivity index (χ1) is 7.70. The summed E-state index contributed by atoms with van der Waals surface area (Å²) in [6, 6.07) is 7.61. The number of hydrogen-bond acceptors (Lipinski definition) is 4. The Morgan fingerprint density at radius 3 is 2.44 bits per heavy atom. The number of rotatable bonds is 3. The first kappa shape index (κ1) is 11.0. The van der Waals surface area contributed by atoms with Crippen LogP contribution in [0.2, 0.25) is 0 Å². The van der Waals surface area contributed by atoms with Gasteiger partial charge in [0.25, 0.3) is 0 Å². The fourth-order valence-corrected chi connectivity index (χ4v) is 1.61. The number of fused-ring (bicyclic) bond motifs is 1. The number of benzene rings is 1. The van der Waals surface area contributed by atoms with Gasteiger partial charge in [0.15, 0.2) is 0 Å². The molecule has 0 aliphatic heterocycles. The SMILES string of the molecule is Cc1nc2ccccc2nc1CC(O)CO. The second-order valence-electron chi connectivity index (χ2n) is 3.78. The minimum Gasteiger partial charge on any atom is -0.394 e. The molecule has 2 rings (SSSR count). The molecule has 4 nitrogen and oxygen atoms in total. The van der Waals surface area contributed by atoms with E-state index in [4.69, 9.17) is 5.11 Å². The Balaban J connectivity index is 2.42. The molecule has 0 spiro atoms. The Kier molecular flexibility index (Phi) is 3.12. The average molecular weight is 218 g/mol. The molecule has 0 saturated heterocycles. The van der Waals surface area contributed by atoms with E-state index < -0.39 is 6.10 Å². The van der Waals surface area contributed by atoms with Crippen molar-refractivity contribution in [1.82, 2.24) is 9.97 Å². The third kappa shape index (κ3) is 2.18. The number of aliphatic hydroxyl groups excluding tert-OH is 2. The fraction of sp³-hybridized carbons (Fsp3) is 0.333. The number of para-hydroxylation sites is 2. The summed E-state index contributed by atoms with van der Waals surface area (Å²) in [5, 5.41) is 18.2. The van der Waals surface area contributed by atoms with Gasteiger partial charge in [-0.2, -0.15) is 0 Å². The number of aromatic nitrogens is 2. The molecular formula is C12H14N2O2. The number of aryl methyl sites for hydroxylation is 1. The van der Waals surface area contributed by atoms with Gasteiger partial charge in [0.1, 0.15) is 0 Å². The zero-order valence-electron chi connectivity index (χ0n) is 9.09. The molecule has 1 aromatic heterocycles. The number of nitrogens with zero attached hydrogens (tertiary/aromatic N) is 2. The molecule has 2 aromatic rings. The summed E-state index contributed by atoms with van der Waals surface area (Å²) in [7, 11) is 0. The molecule has 1 aromatic carbocycles. The third-order valence-corrected chi connectivity index (χ3v) is 2.48. The third-order valence-electron chi connectivity index (χ3n) is 2.48. The monoisotopic (exact) mass is 218 g/mol. The first-order valence-corrected chi connectivity index (χ1v) is 5.22. The van der Waals surface area contributed by atoms with Crippen LogP contribution in [0.4, 0.5) is 0 Å². The average Bonchev–Trinajstić information content (AvgIpc) is 2.30. The van der Waals surface area contributed by atoms with E-state index in [2.05, 4.69) is 9.97 Å². The second-order valence-corrected chi connectivity index (χ2v) is 3.78. The Morgan fingerprint density at radius 2 is 1.81 bits per heavy atom. The van der Waals surface area contributed by atoms with Gasteiger partial charge in [0.2, 0.25) is 0 Å². The normalized spacial score (nSPS) is 12.9. The standard InChI is InChI=1S/C12H14N2O2/c1-8-12(6-9(16)7-15)14-11-5-3-2-4-10(11)13-8/h2-5,9,15-16H,6-7H2,1H3. The summed E-state index contributed by atoms with van der Waals surface area (Å²) >= 11 is 0. The van der Waals surface area contributed by atoms with Gasteiger partial charge < -0.3 is 10.2 Å². The predicted molar refractivity (Wildman–Crippen MR) is 61.1 cm³/mol. The van der Waals surface area contributed by atoms with E-state index in [0.717, 1.165) is 22.4 Å². The van der Waals surface area contributed by atoms with Crippen molar-refractivity contribution in [3.63, 3.8) is 0 Å². The minimum absolute atomic E-state index is 0.256. The van der Waals surface area contributed by atoms with Crippen molar-refractivity contribution in [1.29, 1.82) is 0 Å². The molecule has 1 unspecified atom stereocenters. The molecule has 0 bridgehead atoms. The number of hydrogen-bond donors (Lipinski definition) is 2. The molecule has 0 aliphatic rings. The summed E-state index contributed by atoms with van der Waals surface area (Å²) in [5.41, 5.74) is 3.20. The van der Waals surface area contributed by atoms with E-state index in [1.165, 1.54) is 0 Å². The molecule has 16 heavy (non-hydrogen) atoms. The number of aliphatic hydroxyl groups is 2. The van der Waals surface area contributed by atoms with Crippen molar-refractivity contribution >= 4 is 11.0 Å². The smallest absolute Gasteiger partial charge is 0.0890 e. The molecule has 0 fully saturated rings. The van der Waals surface area contributed by atoms with Crippen molar-refractivity contribution in [2.24, 2.45) is 0 Å². The van der Waals surface area contributed by atoms with Crippen LogP contribution < -0.4 is 0 Å². The van der Waals surface area contributed by atoms with Gasteiger partial charge >= 0.3 is 0 Å². The molecule has 4 heteroatoms. The summed E-state index contributed by atoms with van der Waals surface area (Å²) < 4.78 is 0. The minimum atomic E-state index is -0.769. The van der Waals surface area contributed by atoms with Crippen LogP contribution in [0.15, 0.2) is 24.3 Å². The molecule has 0 radical (unpaired) electrons. The Morgan fingerprint density at radius 1 is 1.19 bits per heavy atom. The quantitative estimate of drug-likeness (QED) is 0.801. The predicted octanol–water partition coefficient (Wildman–Crippen LogP) is 0.834. The lowest BCUT2D eigenvalue weighted by Gasteiger charge is -2.09. The highest BCUT2D eigenvalue weighted by molar-refractivity contribution is 5.74. The van der Waals surface area contributed by atoms with E-state index >= 15 is 0 Å². The van der Waals surface area contributed by atoms with Crippen LogP contribution in [0.3, 0.4) is 0 Å². The lowest BCUT2D eigenvalue weighted by atomic mass is 10.1. The van der Waals surface area contributed by atoms with Gasteiger partial charge in [-0.05, 0) is 19.1 Å². The molecule has 0 saturated carbocycles. The highest BCUT2D eigenvalue weighted by atomic mass is 16.3. The Hall–Kier alpha value is -1.52. The van der Waals surface area contributed by atoms with Gasteiger partial charge in [0, 0.05) is 6.42 Å². The highest BCUT2D eigenvalue weighted by Gasteiger charge is 2.09. The van der Waals surface area contributed by atoms with Gasteiger partial charge in [-0.1, -0.05) is 12.1 Å². The molecule has 1 atom stereocenters. The second kappa shape index (κ2) is 4.55. The van der Waals surface area contributed by atoms with Gasteiger partial charge in [-0.3, -0.25) is 0 Å². The van der Waals surface area contributed by atoms with Crippen molar-refractivity contribution in [2.75, 3.05) is 6.61 Å². The molecule has 1 heterocycles. The van der Waals surface area contributed by atoms with E-state index in [1.54, 1.807) is 0 Å². The van der Waals surface area contributed by atoms with Crippen LogP contribution in [-0.4, -0.2) is 32.9 Å². The van der Waals surface area contributed by atoms with Crippen LogP contribution in [0.5, 0.6) is 0 Å². The van der Waals surface area contributed by atoms with E-state index in [0.29, 0.717) is 6.42 Å². The molecule has 0 aliphatic carbocycles. The van der Waals surface area contributed by atoms with Crippen molar-refractivity contribution in [2.45, 2.75) is 19.4 Å². The van der Waals surface area contributed by atoms with E-state index in [1.807, 2.05) is 31.2 Å². The van der Waals surface area contributed by atoms with Crippen LogP contribution >= 0.6 is 0 Å².